The molecule has 0 heterocycles. The number of Topliss-reactive ketones (excluding diaryl/α,β-unsaturated/α-hetero) is 1. The molecule has 0 saturated heterocycles. The molecule has 2 aromatic rings. The molecule has 0 saturated carbocycles. The summed E-state index contributed by atoms with van der Waals surface area (Å²) in [5, 5.41) is 2.41. The Morgan fingerprint density at radius 1 is 1.10 bits per heavy atom. The van der Waals surface area contributed by atoms with E-state index in [2.05, 4.69) is 5.32 Å². The summed E-state index contributed by atoms with van der Waals surface area (Å²) in [4.78, 5) is 23.1. The monoisotopic (exact) mass is 304 g/mol. The topological polar surface area (TPSA) is 72.2 Å². The summed E-state index contributed by atoms with van der Waals surface area (Å²) in [6.45, 7) is 0. The lowest BCUT2D eigenvalue weighted by Gasteiger charge is -2.05. The van der Waals surface area contributed by atoms with Crippen molar-refractivity contribution in [2.75, 3.05) is 11.1 Å². The lowest BCUT2D eigenvalue weighted by atomic mass is 10.1. The highest BCUT2D eigenvalue weighted by molar-refractivity contribution is 8.00. The second kappa shape index (κ2) is 6.90. The first-order valence-corrected chi connectivity index (χ1v) is 7.12. The highest BCUT2D eigenvalue weighted by atomic mass is 32.2. The van der Waals surface area contributed by atoms with E-state index in [0.717, 1.165) is 11.8 Å². The Bertz CT molecular complexity index is 659. The van der Waals surface area contributed by atoms with Crippen molar-refractivity contribution in [3.05, 3.63) is 59.9 Å². The first kappa shape index (κ1) is 15.1. The van der Waals surface area contributed by atoms with Gasteiger partial charge in [0.15, 0.2) is 5.78 Å². The molecule has 0 aliphatic rings. The van der Waals surface area contributed by atoms with Crippen LogP contribution in [0.25, 0.3) is 0 Å². The molecule has 0 radical (unpaired) electrons. The number of amides is 2. The minimum absolute atomic E-state index is 0.117. The van der Waals surface area contributed by atoms with Gasteiger partial charge in [0.2, 0.25) is 0 Å². The van der Waals surface area contributed by atoms with Crippen LogP contribution in [0.15, 0.2) is 53.4 Å². The summed E-state index contributed by atoms with van der Waals surface area (Å²) in [5.74, 6) is -0.311. The van der Waals surface area contributed by atoms with Crippen LogP contribution in [0.2, 0.25) is 0 Å². The summed E-state index contributed by atoms with van der Waals surface area (Å²) in [5.41, 5.74) is 6.00. The van der Waals surface area contributed by atoms with E-state index in [-0.39, 0.29) is 17.4 Å². The minimum atomic E-state index is -0.663. The predicted molar refractivity (Wildman–Crippen MR) is 81.1 cm³/mol. The minimum Gasteiger partial charge on any atom is -0.351 e. The number of urea groups is 1. The van der Waals surface area contributed by atoms with E-state index in [1.165, 1.54) is 6.07 Å². The van der Waals surface area contributed by atoms with Crippen molar-refractivity contribution >= 4 is 29.3 Å². The first-order chi connectivity index (χ1) is 10.1. The Hall–Kier alpha value is -2.34. The SMILES string of the molecule is NC(=O)Nc1ccc(C(=O)CSc2ccccc2F)cc1. The Morgan fingerprint density at radius 2 is 1.76 bits per heavy atom. The zero-order valence-electron chi connectivity index (χ0n) is 11.0. The number of benzene rings is 2. The number of halogens is 1. The number of nitrogens with one attached hydrogen (secondary N) is 1. The number of nitrogens with two attached hydrogens (primary N) is 1. The molecule has 0 aliphatic carbocycles. The smallest absolute Gasteiger partial charge is 0.316 e. The van der Waals surface area contributed by atoms with E-state index in [9.17, 15) is 14.0 Å². The van der Waals surface area contributed by atoms with Crippen molar-refractivity contribution in [3.8, 4) is 0 Å². The largest absolute Gasteiger partial charge is 0.351 e. The van der Waals surface area contributed by atoms with Gasteiger partial charge in [0.25, 0.3) is 0 Å². The molecule has 2 amide bonds. The number of anilines is 1. The third kappa shape index (κ3) is 4.32. The maximum absolute atomic E-state index is 13.4. The number of hydrogen-bond donors (Lipinski definition) is 2. The molecule has 4 nitrogen and oxygen atoms in total. The van der Waals surface area contributed by atoms with Crippen molar-refractivity contribution in [2.24, 2.45) is 5.73 Å². The van der Waals surface area contributed by atoms with Crippen LogP contribution >= 0.6 is 11.8 Å². The van der Waals surface area contributed by atoms with Crippen LogP contribution in [-0.2, 0) is 0 Å². The van der Waals surface area contributed by atoms with Crippen LogP contribution in [0.1, 0.15) is 10.4 Å². The Labute approximate surface area is 125 Å². The third-order valence-electron chi connectivity index (χ3n) is 2.67. The van der Waals surface area contributed by atoms with E-state index in [1.54, 1.807) is 42.5 Å². The van der Waals surface area contributed by atoms with E-state index in [4.69, 9.17) is 5.73 Å². The molecule has 0 unspecified atom stereocenters. The lowest BCUT2D eigenvalue weighted by Crippen LogP contribution is -2.19. The molecule has 0 atom stereocenters. The van der Waals surface area contributed by atoms with Gasteiger partial charge < -0.3 is 11.1 Å². The second-order valence-corrected chi connectivity index (χ2v) is 5.23. The normalized spacial score (nSPS) is 10.1. The van der Waals surface area contributed by atoms with Gasteiger partial charge in [-0.1, -0.05) is 12.1 Å². The fourth-order valence-corrected chi connectivity index (χ4v) is 2.50. The quantitative estimate of drug-likeness (QED) is 0.657. The van der Waals surface area contributed by atoms with Crippen molar-refractivity contribution in [2.45, 2.75) is 4.90 Å². The summed E-state index contributed by atoms with van der Waals surface area (Å²) < 4.78 is 13.4. The van der Waals surface area contributed by atoms with E-state index >= 15 is 0 Å². The summed E-state index contributed by atoms with van der Waals surface area (Å²) >= 11 is 1.15. The molecule has 0 bridgehead atoms. The van der Waals surface area contributed by atoms with Crippen molar-refractivity contribution in [1.29, 1.82) is 0 Å². The highest BCUT2D eigenvalue weighted by Crippen LogP contribution is 2.22. The number of rotatable bonds is 5. The van der Waals surface area contributed by atoms with Gasteiger partial charge in [-0.2, -0.15) is 0 Å². The van der Waals surface area contributed by atoms with Crippen molar-refractivity contribution in [3.63, 3.8) is 0 Å². The highest BCUT2D eigenvalue weighted by Gasteiger charge is 2.09. The van der Waals surface area contributed by atoms with Crippen LogP contribution in [0.5, 0.6) is 0 Å². The Kier molecular flexibility index (Phi) is 4.94. The van der Waals surface area contributed by atoms with Gasteiger partial charge in [0.1, 0.15) is 5.82 Å². The van der Waals surface area contributed by atoms with Crippen LogP contribution in [-0.4, -0.2) is 17.6 Å². The zero-order valence-corrected chi connectivity index (χ0v) is 11.8. The molecular formula is C15H13FN2O2S. The fourth-order valence-electron chi connectivity index (χ4n) is 1.67. The lowest BCUT2D eigenvalue weighted by molar-refractivity contribution is 0.102. The van der Waals surface area contributed by atoms with Gasteiger partial charge in [-0.3, -0.25) is 4.79 Å². The van der Waals surface area contributed by atoms with E-state index in [0.29, 0.717) is 16.1 Å². The third-order valence-corrected chi connectivity index (χ3v) is 3.72. The Balaban J connectivity index is 1.97. The Morgan fingerprint density at radius 3 is 2.38 bits per heavy atom. The molecular weight excluding hydrogens is 291 g/mol. The van der Waals surface area contributed by atoms with Crippen LogP contribution in [0.4, 0.5) is 14.9 Å². The van der Waals surface area contributed by atoms with E-state index in [1.807, 2.05) is 0 Å². The summed E-state index contributed by atoms with van der Waals surface area (Å²) in [6, 6.07) is 12.0. The number of carbonyl (C=O) groups is 2. The average molecular weight is 304 g/mol. The molecule has 21 heavy (non-hydrogen) atoms. The molecule has 0 aromatic heterocycles. The maximum Gasteiger partial charge on any atom is 0.316 e. The number of primary amides is 1. The van der Waals surface area contributed by atoms with Crippen LogP contribution in [0, 0.1) is 5.82 Å². The average Bonchev–Trinajstić information content (AvgIpc) is 2.46. The molecule has 108 valence electrons. The predicted octanol–water partition coefficient (Wildman–Crippen LogP) is 3.29. The van der Waals surface area contributed by atoms with Crippen molar-refractivity contribution in [1.82, 2.24) is 0 Å². The fraction of sp³-hybridized carbons (Fsp3) is 0.0667. The summed E-state index contributed by atoms with van der Waals surface area (Å²) in [7, 11) is 0. The number of ketones is 1. The standard InChI is InChI=1S/C15H13FN2O2S/c16-12-3-1-2-4-14(12)21-9-13(19)10-5-7-11(8-6-10)18-15(17)20/h1-8H,9H2,(H3,17,18,20). The molecule has 3 N–H and O–H groups in total. The number of hydrogen-bond acceptors (Lipinski definition) is 3. The van der Waals surface area contributed by atoms with Gasteiger partial charge in [-0.25, -0.2) is 9.18 Å². The van der Waals surface area contributed by atoms with Crippen molar-refractivity contribution < 1.29 is 14.0 Å². The van der Waals surface area contributed by atoms with Gasteiger partial charge in [-0.15, -0.1) is 11.8 Å². The number of carbonyl (C=O) groups excluding carboxylic acids is 2. The van der Waals surface area contributed by atoms with Crippen LogP contribution in [0.3, 0.4) is 0 Å². The van der Waals surface area contributed by atoms with Gasteiger partial charge >= 0.3 is 6.03 Å². The molecule has 0 fully saturated rings. The molecule has 6 heteroatoms. The van der Waals surface area contributed by atoms with Gasteiger partial charge in [-0.05, 0) is 36.4 Å². The molecule has 0 spiro atoms. The second-order valence-electron chi connectivity index (χ2n) is 4.21. The van der Waals surface area contributed by atoms with Gasteiger partial charge in [0.05, 0.1) is 5.75 Å². The molecule has 0 aliphatic heterocycles. The van der Waals surface area contributed by atoms with Gasteiger partial charge in [0, 0.05) is 16.1 Å². The summed E-state index contributed by atoms with van der Waals surface area (Å²) in [6.07, 6.45) is 0. The maximum atomic E-state index is 13.4. The first-order valence-electron chi connectivity index (χ1n) is 6.13. The van der Waals surface area contributed by atoms with E-state index < -0.39 is 6.03 Å². The molecule has 2 aromatic carbocycles. The number of thioether (sulfide) groups is 1. The zero-order chi connectivity index (χ0) is 15.2. The van der Waals surface area contributed by atoms with Crippen LogP contribution < -0.4 is 11.1 Å². The molecule has 2 rings (SSSR count).